The second kappa shape index (κ2) is 7.90. The molecule has 2 rings (SSSR count). The second-order valence-corrected chi connectivity index (χ2v) is 4.43. The van der Waals surface area contributed by atoms with Crippen molar-refractivity contribution in [1.82, 2.24) is 4.98 Å². The Hall–Kier alpha value is -0.320. The van der Waals surface area contributed by atoms with Crippen molar-refractivity contribution < 1.29 is 0 Å². The zero-order chi connectivity index (χ0) is 10.7. The molecule has 1 aromatic carbocycles. The van der Waals surface area contributed by atoms with E-state index in [0.717, 1.165) is 27.7 Å². The van der Waals surface area contributed by atoms with Crippen molar-refractivity contribution in [2.75, 3.05) is 6.54 Å². The Morgan fingerprint density at radius 3 is 2.59 bits per heavy atom. The van der Waals surface area contributed by atoms with Crippen LogP contribution in [0.4, 0.5) is 0 Å². The predicted octanol–water partition coefficient (Wildman–Crippen LogP) is 3.81. The molecule has 6 heteroatoms. The minimum atomic E-state index is 0. The molecule has 94 valence electrons. The van der Waals surface area contributed by atoms with Gasteiger partial charge in [-0.1, -0.05) is 29.8 Å². The summed E-state index contributed by atoms with van der Waals surface area (Å²) in [5.74, 6) is 0. The van der Waals surface area contributed by atoms with Crippen LogP contribution < -0.4 is 5.73 Å². The maximum Gasteiger partial charge on any atom is 0.125 e. The van der Waals surface area contributed by atoms with Crippen LogP contribution in [0.3, 0.4) is 0 Å². The molecule has 2 N–H and O–H groups in total. The molecule has 1 heterocycles. The molecule has 0 aliphatic heterocycles. The van der Waals surface area contributed by atoms with Crippen LogP contribution in [-0.2, 0) is 6.42 Å². The van der Waals surface area contributed by atoms with Gasteiger partial charge in [-0.05, 0) is 12.6 Å². The Balaban J connectivity index is 0.00000128. The third-order valence-corrected chi connectivity index (χ3v) is 3.31. The van der Waals surface area contributed by atoms with Crippen molar-refractivity contribution in [3.63, 3.8) is 0 Å². The van der Waals surface area contributed by atoms with E-state index in [1.165, 1.54) is 0 Å². The highest BCUT2D eigenvalue weighted by molar-refractivity contribution is 7.13. The lowest BCUT2D eigenvalue weighted by Gasteiger charge is -1.98. The Labute approximate surface area is 122 Å². The predicted molar refractivity (Wildman–Crippen MR) is 79.8 cm³/mol. The fourth-order valence-electron chi connectivity index (χ4n) is 1.33. The average molecular weight is 312 g/mol. The maximum absolute atomic E-state index is 6.09. The highest BCUT2D eigenvalue weighted by atomic mass is 35.5. The van der Waals surface area contributed by atoms with Crippen molar-refractivity contribution in [3.8, 4) is 10.6 Å². The highest BCUT2D eigenvalue weighted by Gasteiger charge is 2.07. The number of rotatable bonds is 3. The molecule has 0 bridgehead atoms. The molecule has 0 aliphatic rings. The van der Waals surface area contributed by atoms with E-state index in [1.807, 2.05) is 29.6 Å². The largest absolute Gasteiger partial charge is 0.330 e. The van der Waals surface area contributed by atoms with E-state index in [1.54, 1.807) is 11.3 Å². The molecule has 0 radical (unpaired) electrons. The summed E-state index contributed by atoms with van der Waals surface area (Å²) in [5, 5.41) is 3.74. The van der Waals surface area contributed by atoms with Crippen LogP contribution in [0.25, 0.3) is 10.6 Å². The normalized spacial score (nSPS) is 9.29. The number of benzene rings is 1. The van der Waals surface area contributed by atoms with Crippen molar-refractivity contribution in [2.45, 2.75) is 6.42 Å². The molecular formula is C11H13Cl3N2S. The number of aromatic nitrogens is 1. The van der Waals surface area contributed by atoms with Gasteiger partial charge >= 0.3 is 0 Å². The van der Waals surface area contributed by atoms with E-state index in [4.69, 9.17) is 17.3 Å². The quantitative estimate of drug-likeness (QED) is 0.936. The molecule has 2 aromatic rings. The molecule has 1 aromatic heterocycles. The van der Waals surface area contributed by atoms with E-state index in [9.17, 15) is 0 Å². The van der Waals surface area contributed by atoms with Gasteiger partial charge in [-0.25, -0.2) is 4.98 Å². The first kappa shape index (κ1) is 16.7. The van der Waals surface area contributed by atoms with E-state index >= 15 is 0 Å². The minimum Gasteiger partial charge on any atom is -0.330 e. The average Bonchev–Trinajstić information content (AvgIpc) is 2.68. The Kier molecular flexibility index (Phi) is 7.75. The number of nitrogens with zero attached hydrogens (tertiary/aromatic N) is 1. The van der Waals surface area contributed by atoms with E-state index in [-0.39, 0.29) is 24.8 Å². The molecule has 0 spiro atoms. The highest BCUT2D eigenvalue weighted by Crippen LogP contribution is 2.29. The van der Waals surface area contributed by atoms with Gasteiger partial charge in [-0.3, -0.25) is 0 Å². The summed E-state index contributed by atoms with van der Waals surface area (Å²) in [4.78, 5) is 4.49. The van der Waals surface area contributed by atoms with Gasteiger partial charge in [-0.15, -0.1) is 36.2 Å². The van der Waals surface area contributed by atoms with Gasteiger partial charge in [0.15, 0.2) is 0 Å². The molecular weight excluding hydrogens is 299 g/mol. The van der Waals surface area contributed by atoms with Crippen molar-refractivity contribution in [1.29, 1.82) is 0 Å². The molecule has 0 saturated heterocycles. The fourth-order valence-corrected chi connectivity index (χ4v) is 2.50. The van der Waals surface area contributed by atoms with Crippen molar-refractivity contribution in [3.05, 3.63) is 40.4 Å². The molecule has 2 nitrogen and oxygen atoms in total. The molecule has 0 unspecified atom stereocenters. The molecule has 0 fully saturated rings. The monoisotopic (exact) mass is 310 g/mol. The number of halogens is 3. The summed E-state index contributed by atoms with van der Waals surface area (Å²) >= 11 is 7.69. The smallest absolute Gasteiger partial charge is 0.125 e. The van der Waals surface area contributed by atoms with Crippen LogP contribution >= 0.6 is 47.8 Å². The standard InChI is InChI=1S/C11H11ClN2S.2ClH/c12-10-4-2-1-3-9(10)11-14-8(5-6-13)7-15-11;;/h1-4,7H,5-6,13H2;2*1H. The van der Waals surface area contributed by atoms with Crippen LogP contribution in [0.2, 0.25) is 5.02 Å². The van der Waals surface area contributed by atoms with Crippen molar-refractivity contribution in [2.24, 2.45) is 5.73 Å². The summed E-state index contributed by atoms with van der Waals surface area (Å²) in [5.41, 5.74) is 7.51. The van der Waals surface area contributed by atoms with Gasteiger partial charge in [0, 0.05) is 17.4 Å². The Bertz CT molecular complexity index is 459. The number of hydrogen-bond donors (Lipinski definition) is 1. The van der Waals surface area contributed by atoms with Crippen LogP contribution in [0.15, 0.2) is 29.6 Å². The SMILES string of the molecule is Cl.Cl.NCCc1csc(-c2ccccc2Cl)n1. The first-order valence-electron chi connectivity index (χ1n) is 4.70. The van der Waals surface area contributed by atoms with Gasteiger partial charge in [0.1, 0.15) is 5.01 Å². The first-order chi connectivity index (χ1) is 7.31. The summed E-state index contributed by atoms with van der Waals surface area (Å²) in [6, 6.07) is 7.74. The molecule has 0 amide bonds. The third-order valence-electron chi connectivity index (χ3n) is 2.06. The van der Waals surface area contributed by atoms with Gasteiger partial charge in [0.05, 0.1) is 10.7 Å². The first-order valence-corrected chi connectivity index (χ1v) is 5.96. The van der Waals surface area contributed by atoms with E-state index in [0.29, 0.717) is 6.54 Å². The molecule has 0 aliphatic carbocycles. The number of thiazole rings is 1. The number of nitrogens with two attached hydrogens (primary N) is 1. The Morgan fingerprint density at radius 2 is 1.94 bits per heavy atom. The number of hydrogen-bond acceptors (Lipinski definition) is 3. The van der Waals surface area contributed by atoms with Gasteiger partial charge in [-0.2, -0.15) is 0 Å². The lowest BCUT2D eigenvalue weighted by molar-refractivity contribution is 0.936. The Morgan fingerprint density at radius 1 is 1.24 bits per heavy atom. The lowest BCUT2D eigenvalue weighted by atomic mass is 10.2. The maximum atomic E-state index is 6.09. The summed E-state index contributed by atoms with van der Waals surface area (Å²) < 4.78 is 0. The zero-order valence-electron chi connectivity index (χ0n) is 8.93. The van der Waals surface area contributed by atoms with Crippen LogP contribution in [-0.4, -0.2) is 11.5 Å². The summed E-state index contributed by atoms with van der Waals surface area (Å²) in [7, 11) is 0. The van der Waals surface area contributed by atoms with Crippen molar-refractivity contribution >= 4 is 47.8 Å². The molecule has 0 saturated carbocycles. The minimum absolute atomic E-state index is 0. The fraction of sp³-hybridized carbons (Fsp3) is 0.182. The van der Waals surface area contributed by atoms with Crippen LogP contribution in [0.5, 0.6) is 0 Å². The second-order valence-electron chi connectivity index (χ2n) is 3.16. The van der Waals surface area contributed by atoms with Gasteiger partial charge in [0.2, 0.25) is 0 Å². The van der Waals surface area contributed by atoms with Gasteiger partial charge in [0.25, 0.3) is 0 Å². The third kappa shape index (κ3) is 4.12. The zero-order valence-corrected chi connectivity index (χ0v) is 12.1. The summed E-state index contributed by atoms with van der Waals surface area (Å²) in [6.07, 6.45) is 0.820. The lowest BCUT2D eigenvalue weighted by Crippen LogP contribution is -2.02. The van der Waals surface area contributed by atoms with E-state index in [2.05, 4.69) is 4.98 Å². The van der Waals surface area contributed by atoms with Gasteiger partial charge < -0.3 is 5.73 Å². The van der Waals surface area contributed by atoms with Crippen LogP contribution in [0.1, 0.15) is 5.69 Å². The van der Waals surface area contributed by atoms with E-state index < -0.39 is 0 Å². The molecule has 0 atom stereocenters. The molecule has 17 heavy (non-hydrogen) atoms. The summed E-state index contributed by atoms with van der Waals surface area (Å²) in [6.45, 7) is 0.631. The topological polar surface area (TPSA) is 38.9 Å². The van der Waals surface area contributed by atoms with Crippen LogP contribution in [0, 0.1) is 0 Å².